The van der Waals surface area contributed by atoms with Gasteiger partial charge in [-0.15, -0.1) is 12.6 Å². The number of imidazole rings is 1. The van der Waals surface area contributed by atoms with E-state index in [1.54, 1.807) is 6.20 Å². The van der Waals surface area contributed by atoms with E-state index >= 15 is 0 Å². The molecule has 0 unspecified atom stereocenters. The number of fused-ring (bicyclic) bond motifs is 1. The summed E-state index contributed by atoms with van der Waals surface area (Å²) >= 11 is 4.35. The summed E-state index contributed by atoms with van der Waals surface area (Å²) in [6.07, 6.45) is 1.78. The first kappa shape index (κ1) is 10.4. The van der Waals surface area contributed by atoms with Crippen LogP contribution in [0.2, 0.25) is 0 Å². The largest absolute Gasteiger partial charge is 0.326 e. The molecule has 0 saturated heterocycles. The third-order valence-corrected chi connectivity index (χ3v) is 3.04. The quantitative estimate of drug-likeness (QED) is 0.664. The van der Waals surface area contributed by atoms with Gasteiger partial charge < -0.3 is 4.57 Å². The predicted octanol–water partition coefficient (Wildman–Crippen LogP) is 2.92. The molecule has 0 amide bonds. The molecule has 2 heterocycles. The molecule has 0 radical (unpaired) electrons. The van der Waals surface area contributed by atoms with Crippen molar-refractivity contribution in [2.45, 2.75) is 4.90 Å². The average molecular weight is 241 g/mol. The maximum absolute atomic E-state index is 4.59. The van der Waals surface area contributed by atoms with E-state index in [1.807, 2.05) is 48.0 Å². The van der Waals surface area contributed by atoms with E-state index in [4.69, 9.17) is 0 Å². The van der Waals surface area contributed by atoms with E-state index in [9.17, 15) is 0 Å². The van der Waals surface area contributed by atoms with Gasteiger partial charge in [-0.3, -0.25) is 4.98 Å². The van der Waals surface area contributed by atoms with Crippen LogP contribution in [0, 0.1) is 0 Å². The number of aromatic nitrogens is 3. The molecule has 0 fully saturated rings. The first-order valence-corrected chi connectivity index (χ1v) is 5.77. The van der Waals surface area contributed by atoms with E-state index < -0.39 is 0 Å². The molecule has 0 aliphatic rings. The molecular formula is C13H11N3S. The smallest absolute Gasteiger partial charge is 0.159 e. The SMILES string of the molecule is Cn1c(-c2ccccn2)nc2ccc(S)cc21. The predicted molar refractivity (Wildman–Crippen MR) is 71.2 cm³/mol. The summed E-state index contributed by atoms with van der Waals surface area (Å²) in [5.41, 5.74) is 2.91. The Labute approximate surface area is 105 Å². The van der Waals surface area contributed by atoms with Crippen molar-refractivity contribution in [3.8, 4) is 11.5 Å². The third-order valence-electron chi connectivity index (χ3n) is 2.76. The van der Waals surface area contributed by atoms with Crippen molar-refractivity contribution >= 4 is 23.7 Å². The van der Waals surface area contributed by atoms with Gasteiger partial charge in [-0.2, -0.15) is 0 Å². The molecule has 0 N–H and O–H groups in total. The van der Waals surface area contributed by atoms with E-state index in [1.165, 1.54) is 0 Å². The zero-order chi connectivity index (χ0) is 11.8. The van der Waals surface area contributed by atoms with Crippen LogP contribution >= 0.6 is 12.6 Å². The van der Waals surface area contributed by atoms with Gasteiger partial charge in [-0.05, 0) is 30.3 Å². The lowest BCUT2D eigenvalue weighted by Crippen LogP contribution is -1.93. The van der Waals surface area contributed by atoms with Gasteiger partial charge in [-0.25, -0.2) is 4.98 Å². The van der Waals surface area contributed by atoms with Crippen molar-refractivity contribution in [1.29, 1.82) is 0 Å². The summed E-state index contributed by atoms with van der Waals surface area (Å²) in [6, 6.07) is 11.8. The first-order valence-electron chi connectivity index (χ1n) is 5.32. The number of thiol groups is 1. The zero-order valence-electron chi connectivity index (χ0n) is 9.33. The molecule has 0 aliphatic carbocycles. The number of nitrogens with zero attached hydrogens (tertiary/aromatic N) is 3. The van der Waals surface area contributed by atoms with Gasteiger partial charge in [0.1, 0.15) is 5.69 Å². The van der Waals surface area contributed by atoms with Gasteiger partial charge in [0.15, 0.2) is 5.82 Å². The lowest BCUT2D eigenvalue weighted by molar-refractivity contribution is 0.949. The first-order chi connectivity index (χ1) is 8.25. The topological polar surface area (TPSA) is 30.7 Å². The van der Waals surface area contributed by atoms with Gasteiger partial charge in [0, 0.05) is 18.1 Å². The highest BCUT2D eigenvalue weighted by Crippen LogP contribution is 2.23. The fraction of sp³-hybridized carbons (Fsp3) is 0.0769. The van der Waals surface area contributed by atoms with Crippen LogP contribution < -0.4 is 0 Å². The van der Waals surface area contributed by atoms with Crippen molar-refractivity contribution in [3.05, 3.63) is 42.6 Å². The lowest BCUT2D eigenvalue weighted by atomic mass is 10.3. The van der Waals surface area contributed by atoms with Crippen LogP contribution in [-0.2, 0) is 7.05 Å². The normalized spacial score (nSPS) is 10.9. The Hall–Kier alpha value is -1.81. The average Bonchev–Trinajstić information content (AvgIpc) is 2.68. The van der Waals surface area contributed by atoms with Crippen molar-refractivity contribution < 1.29 is 0 Å². The molecule has 0 saturated carbocycles. The maximum Gasteiger partial charge on any atom is 0.159 e. The van der Waals surface area contributed by atoms with Gasteiger partial charge in [0.05, 0.1) is 11.0 Å². The Balaban J connectivity index is 2.28. The summed E-state index contributed by atoms with van der Waals surface area (Å²) in [4.78, 5) is 9.85. The fourth-order valence-electron chi connectivity index (χ4n) is 1.90. The van der Waals surface area contributed by atoms with Crippen LogP contribution in [0.4, 0.5) is 0 Å². The van der Waals surface area contributed by atoms with E-state index in [0.717, 1.165) is 27.4 Å². The molecule has 0 bridgehead atoms. The molecule has 4 heteroatoms. The minimum absolute atomic E-state index is 0.875. The second kappa shape index (κ2) is 3.89. The minimum atomic E-state index is 0.875. The Kier molecular flexibility index (Phi) is 2.37. The zero-order valence-corrected chi connectivity index (χ0v) is 10.2. The second-order valence-electron chi connectivity index (χ2n) is 3.88. The van der Waals surface area contributed by atoms with Crippen LogP contribution in [0.15, 0.2) is 47.5 Å². The standard InChI is InChI=1S/C13H11N3S/c1-16-12-8-9(17)5-6-10(12)15-13(16)11-4-2-3-7-14-11/h2-8,17H,1H3. The summed E-state index contributed by atoms with van der Waals surface area (Å²) in [6.45, 7) is 0. The Morgan fingerprint density at radius 3 is 2.82 bits per heavy atom. The number of aryl methyl sites for hydroxylation is 1. The summed E-state index contributed by atoms with van der Waals surface area (Å²) < 4.78 is 2.04. The molecule has 2 aromatic heterocycles. The lowest BCUT2D eigenvalue weighted by Gasteiger charge is -2.01. The summed E-state index contributed by atoms with van der Waals surface area (Å²) in [7, 11) is 1.99. The molecule has 17 heavy (non-hydrogen) atoms. The number of hydrogen-bond acceptors (Lipinski definition) is 3. The minimum Gasteiger partial charge on any atom is -0.326 e. The van der Waals surface area contributed by atoms with Crippen molar-refractivity contribution in [2.75, 3.05) is 0 Å². The summed E-state index contributed by atoms with van der Waals surface area (Å²) in [5, 5.41) is 0. The van der Waals surface area contributed by atoms with E-state index in [-0.39, 0.29) is 0 Å². The Morgan fingerprint density at radius 1 is 1.18 bits per heavy atom. The molecule has 84 valence electrons. The molecular weight excluding hydrogens is 230 g/mol. The second-order valence-corrected chi connectivity index (χ2v) is 4.40. The molecule has 1 aromatic carbocycles. The summed E-state index contributed by atoms with van der Waals surface area (Å²) in [5.74, 6) is 0.875. The van der Waals surface area contributed by atoms with Gasteiger partial charge in [0.2, 0.25) is 0 Å². The molecule has 0 aliphatic heterocycles. The Morgan fingerprint density at radius 2 is 2.06 bits per heavy atom. The number of rotatable bonds is 1. The highest BCUT2D eigenvalue weighted by molar-refractivity contribution is 7.80. The molecule has 0 spiro atoms. The number of benzene rings is 1. The monoisotopic (exact) mass is 241 g/mol. The van der Waals surface area contributed by atoms with Crippen LogP contribution in [0.25, 0.3) is 22.6 Å². The van der Waals surface area contributed by atoms with Crippen LogP contribution in [0.3, 0.4) is 0 Å². The van der Waals surface area contributed by atoms with Crippen LogP contribution in [0.5, 0.6) is 0 Å². The fourth-order valence-corrected chi connectivity index (χ4v) is 2.10. The molecule has 3 aromatic rings. The van der Waals surface area contributed by atoms with Gasteiger partial charge in [-0.1, -0.05) is 6.07 Å². The van der Waals surface area contributed by atoms with Gasteiger partial charge >= 0.3 is 0 Å². The van der Waals surface area contributed by atoms with Crippen LogP contribution in [0.1, 0.15) is 0 Å². The maximum atomic E-state index is 4.59. The van der Waals surface area contributed by atoms with Crippen molar-refractivity contribution in [2.24, 2.45) is 7.05 Å². The van der Waals surface area contributed by atoms with E-state index in [0.29, 0.717) is 0 Å². The van der Waals surface area contributed by atoms with Gasteiger partial charge in [0.25, 0.3) is 0 Å². The third kappa shape index (κ3) is 1.70. The molecule has 3 rings (SSSR count). The van der Waals surface area contributed by atoms with Crippen LogP contribution in [-0.4, -0.2) is 14.5 Å². The number of pyridine rings is 1. The molecule has 0 atom stereocenters. The van der Waals surface area contributed by atoms with Crippen molar-refractivity contribution in [1.82, 2.24) is 14.5 Å². The Bertz CT molecular complexity index is 674. The highest BCUT2D eigenvalue weighted by atomic mass is 32.1. The van der Waals surface area contributed by atoms with Crippen molar-refractivity contribution in [3.63, 3.8) is 0 Å². The van der Waals surface area contributed by atoms with E-state index in [2.05, 4.69) is 22.6 Å². The molecule has 3 nitrogen and oxygen atoms in total. The highest BCUT2D eigenvalue weighted by Gasteiger charge is 2.10. The number of hydrogen-bond donors (Lipinski definition) is 1.